The monoisotopic (exact) mass is 233 g/mol. The standard InChI is InChI=1S/C11H11N3OS/c12-11(13)8-1-3-9(4-2-8)15-6-10-5-14-7-16-10/h1-5,7H,6H2,(H3,12,13). The summed E-state index contributed by atoms with van der Waals surface area (Å²) in [5, 5.41) is 7.25. The second kappa shape index (κ2) is 4.76. The molecule has 0 aliphatic heterocycles. The first-order valence-electron chi connectivity index (χ1n) is 4.70. The number of ether oxygens (including phenoxy) is 1. The Morgan fingerprint density at radius 2 is 2.12 bits per heavy atom. The van der Waals surface area contributed by atoms with E-state index < -0.39 is 0 Å². The van der Waals surface area contributed by atoms with Crippen LogP contribution < -0.4 is 10.5 Å². The zero-order valence-corrected chi connectivity index (χ0v) is 9.33. The highest BCUT2D eigenvalue weighted by Crippen LogP contribution is 2.15. The van der Waals surface area contributed by atoms with Gasteiger partial charge in [-0.25, -0.2) is 0 Å². The third-order valence-electron chi connectivity index (χ3n) is 2.03. The minimum absolute atomic E-state index is 0.0639. The summed E-state index contributed by atoms with van der Waals surface area (Å²) in [7, 11) is 0. The second-order valence-corrected chi connectivity index (χ2v) is 4.17. The van der Waals surface area contributed by atoms with Gasteiger partial charge in [-0.05, 0) is 24.3 Å². The summed E-state index contributed by atoms with van der Waals surface area (Å²) >= 11 is 1.56. The van der Waals surface area contributed by atoms with Crippen molar-refractivity contribution in [3.8, 4) is 5.75 Å². The fourth-order valence-electron chi connectivity index (χ4n) is 1.20. The molecule has 0 fully saturated rings. The van der Waals surface area contributed by atoms with E-state index in [0.29, 0.717) is 12.2 Å². The number of nitrogen functional groups attached to an aromatic ring is 1. The van der Waals surface area contributed by atoms with Crippen LogP contribution in [-0.2, 0) is 6.61 Å². The van der Waals surface area contributed by atoms with Gasteiger partial charge in [0.15, 0.2) is 0 Å². The summed E-state index contributed by atoms with van der Waals surface area (Å²) in [6, 6.07) is 7.14. The van der Waals surface area contributed by atoms with Crippen LogP contribution in [0.15, 0.2) is 36.0 Å². The van der Waals surface area contributed by atoms with Crippen molar-refractivity contribution in [3.05, 3.63) is 46.4 Å². The Balaban J connectivity index is 1.98. The molecule has 5 heteroatoms. The van der Waals surface area contributed by atoms with Gasteiger partial charge >= 0.3 is 0 Å². The molecular weight excluding hydrogens is 222 g/mol. The molecule has 0 aliphatic rings. The van der Waals surface area contributed by atoms with E-state index in [0.717, 1.165) is 10.6 Å². The van der Waals surface area contributed by atoms with Gasteiger partial charge in [0.1, 0.15) is 18.2 Å². The minimum atomic E-state index is 0.0639. The molecule has 1 aromatic carbocycles. The van der Waals surface area contributed by atoms with Crippen LogP contribution in [0.25, 0.3) is 0 Å². The molecule has 3 N–H and O–H groups in total. The molecule has 0 saturated heterocycles. The Morgan fingerprint density at radius 1 is 1.38 bits per heavy atom. The molecule has 4 nitrogen and oxygen atoms in total. The predicted octanol–water partition coefficient (Wildman–Crippen LogP) is 2.01. The Morgan fingerprint density at radius 3 is 2.69 bits per heavy atom. The summed E-state index contributed by atoms with van der Waals surface area (Å²) in [5.74, 6) is 0.826. The van der Waals surface area contributed by atoms with Gasteiger partial charge in [0.25, 0.3) is 0 Å². The van der Waals surface area contributed by atoms with Crippen molar-refractivity contribution in [3.63, 3.8) is 0 Å². The largest absolute Gasteiger partial charge is 0.488 e. The molecule has 82 valence electrons. The zero-order valence-electron chi connectivity index (χ0n) is 8.51. The second-order valence-electron chi connectivity index (χ2n) is 3.19. The maximum Gasteiger partial charge on any atom is 0.124 e. The lowest BCUT2D eigenvalue weighted by molar-refractivity contribution is 0.309. The number of nitrogens with one attached hydrogen (secondary N) is 1. The highest BCUT2D eigenvalue weighted by molar-refractivity contribution is 7.09. The van der Waals surface area contributed by atoms with Gasteiger partial charge in [0, 0.05) is 11.8 Å². The molecule has 2 aromatic rings. The molecule has 0 radical (unpaired) electrons. The highest BCUT2D eigenvalue weighted by Gasteiger charge is 1.99. The first kappa shape index (κ1) is 10.6. The van der Waals surface area contributed by atoms with Gasteiger partial charge in [-0.15, -0.1) is 11.3 Å². The molecule has 0 bridgehead atoms. The van der Waals surface area contributed by atoms with Crippen LogP contribution in [0.2, 0.25) is 0 Å². The van der Waals surface area contributed by atoms with Crippen LogP contribution in [0.3, 0.4) is 0 Å². The van der Waals surface area contributed by atoms with Crippen molar-refractivity contribution in [1.82, 2.24) is 4.98 Å². The van der Waals surface area contributed by atoms with Gasteiger partial charge in [-0.3, -0.25) is 10.4 Å². The predicted molar refractivity (Wildman–Crippen MR) is 63.9 cm³/mol. The quantitative estimate of drug-likeness (QED) is 0.626. The first-order valence-corrected chi connectivity index (χ1v) is 5.58. The highest BCUT2D eigenvalue weighted by atomic mass is 32.1. The maximum absolute atomic E-state index is 7.25. The van der Waals surface area contributed by atoms with E-state index in [2.05, 4.69) is 4.98 Å². The maximum atomic E-state index is 7.25. The number of nitrogens with zero attached hydrogens (tertiary/aromatic N) is 1. The SMILES string of the molecule is N=C(N)c1ccc(OCc2cncs2)cc1. The van der Waals surface area contributed by atoms with E-state index in [1.54, 1.807) is 47.3 Å². The van der Waals surface area contributed by atoms with E-state index in [9.17, 15) is 0 Å². The molecule has 0 atom stereocenters. The topological polar surface area (TPSA) is 72.0 Å². The van der Waals surface area contributed by atoms with Gasteiger partial charge in [0.2, 0.25) is 0 Å². The van der Waals surface area contributed by atoms with Crippen molar-refractivity contribution in [2.24, 2.45) is 5.73 Å². The number of thiazole rings is 1. The van der Waals surface area contributed by atoms with Crippen molar-refractivity contribution in [2.75, 3.05) is 0 Å². The molecule has 0 saturated carbocycles. The number of hydrogen-bond donors (Lipinski definition) is 2. The van der Waals surface area contributed by atoms with Gasteiger partial charge in [-0.2, -0.15) is 0 Å². The average Bonchev–Trinajstić information content (AvgIpc) is 2.80. The summed E-state index contributed by atoms with van der Waals surface area (Å²) in [6.45, 7) is 0.518. The number of nitrogens with two attached hydrogens (primary N) is 1. The van der Waals surface area contributed by atoms with Gasteiger partial charge < -0.3 is 10.5 Å². The third-order valence-corrected chi connectivity index (χ3v) is 2.78. The van der Waals surface area contributed by atoms with Gasteiger partial charge in [-0.1, -0.05) is 0 Å². The van der Waals surface area contributed by atoms with Crippen molar-refractivity contribution >= 4 is 17.2 Å². The first-order chi connectivity index (χ1) is 7.75. The van der Waals surface area contributed by atoms with E-state index >= 15 is 0 Å². The summed E-state index contributed by atoms with van der Waals surface area (Å²) in [5.41, 5.74) is 7.83. The van der Waals surface area contributed by atoms with E-state index in [1.807, 2.05) is 0 Å². The van der Waals surface area contributed by atoms with Crippen molar-refractivity contribution < 1.29 is 4.74 Å². The Hall–Kier alpha value is -1.88. The minimum Gasteiger partial charge on any atom is -0.488 e. The number of amidine groups is 1. The zero-order chi connectivity index (χ0) is 11.4. The molecule has 0 amide bonds. The fraction of sp³-hybridized carbons (Fsp3) is 0.0909. The number of aromatic nitrogens is 1. The van der Waals surface area contributed by atoms with Crippen LogP contribution in [0.5, 0.6) is 5.75 Å². The number of hydrogen-bond acceptors (Lipinski definition) is 4. The number of benzene rings is 1. The third kappa shape index (κ3) is 2.58. The molecule has 0 unspecified atom stereocenters. The molecule has 16 heavy (non-hydrogen) atoms. The van der Waals surface area contributed by atoms with Crippen LogP contribution in [0.4, 0.5) is 0 Å². The van der Waals surface area contributed by atoms with Crippen molar-refractivity contribution in [2.45, 2.75) is 6.61 Å². The van der Waals surface area contributed by atoms with Crippen molar-refractivity contribution in [1.29, 1.82) is 5.41 Å². The lowest BCUT2D eigenvalue weighted by atomic mass is 10.2. The van der Waals surface area contributed by atoms with E-state index in [4.69, 9.17) is 15.9 Å². The lowest BCUT2D eigenvalue weighted by Gasteiger charge is -2.04. The Kier molecular flexibility index (Phi) is 3.16. The molecule has 1 aromatic heterocycles. The normalized spacial score (nSPS) is 10.0. The summed E-state index contributed by atoms with van der Waals surface area (Å²) in [4.78, 5) is 5.04. The molecule has 0 aliphatic carbocycles. The Labute approximate surface area is 97.2 Å². The van der Waals surface area contributed by atoms with Crippen LogP contribution in [-0.4, -0.2) is 10.8 Å². The summed E-state index contributed by atoms with van der Waals surface area (Å²) < 4.78 is 5.54. The van der Waals surface area contributed by atoms with Crippen LogP contribution in [0.1, 0.15) is 10.4 Å². The molecule has 2 rings (SSSR count). The smallest absolute Gasteiger partial charge is 0.124 e. The summed E-state index contributed by atoms with van der Waals surface area (Å²) in [6.07, 6.45) is 1.79. The van der Waals surface area contributed by atoms with Gasteiger partial charge in [0.05, 0.1) is 10.4 Å². The lowest BCUT2D eigenvalue weighted by Crippen LogP contribution is -2.10. The average molecular weight is 233 g/mol. The number of rotatable bonds is 4. The van der Waals surface area contributed by atoms with E-state index in [-0.39, 0.29) is 5.84 Å². The van der Waals surface area contributed by atoms with Crippen LogP contribution >= 0.6 is 11.3 Å². The van der Waals surface area contributed by atoms with E-state index in [1.165, 1.54) is 0 Å². The molecule has 0 spiro atoms. The Bertz CT molecular complexity index is 464. The fourth-order valence-corrected chi connectivity index (χ4v) is 1.70. The molecule has 1 heterocycles. The van der Waals surface area contributed by atoms with Crippen LogP contribution in [0, 0.1) is 5.41 Å². The molecular formula is C11H11N3OS.